The lowest BCUT2D eigenvalue weighted by Gasteiger charge is -2.23. The molecular weight excluding hydrogens is 296 g/mol. The van der Waals surface area contributed by atoms with Gasteiger partial charge in [0.2, 0.25) is 0 Å². The zero-order chi connectivity index (χ0) is 16.0. The first-order valence-corrected chi connectivity index (χ1v) is 7.77. The van der Waals surface area contributed by atoms with Crippen LogP contribution in [0.25, 0.3) is 0 Å². The fourth-order valence-electron chi connectivity index (χ4n) is 3.55. The molecule has 4 rings (SSSR count). The number of aliphatic hydroxyl groups excluding tert-OH is 1. The molecule has 1 atom stereocenters. The van der Waals surface area contributed by atoms with Crippen molar-refractivity contribution in [3.05, 3.63) is 52.3 Å². The van der Waals surface area contributed by atoms with Crippen LogP contribution in [0.4, 0.5) is 11.4 Å². The Morgan fingerprint density at radius 3 is 2.83 bits per heavy atom. The summed E-state index contributed by atoms with van der Waals surface area (Å²) in [5, 5.41) is 25.0. The summed E-state index contributed by atoms with van der Waals surface area (Å²) in [6.07, 6.45) is 4.35. The van der Waals surface area contributed by atoms with Crippen LogP contribution in [0.2, 0.25) is 0 Å². The summed E-state index contributed by atoms with van der Waals surface area (Å²) in [7, 11) is 0. The van der Waals surface area contributed by atoms with Crippen LogP contribution in [0.1, 0.15) is 18.4 Å². The molecular formula is C16H18N4O3. The smallest absolute Gasteiger partial charge is 0.306 e. The van der Waals surface area contributed by atoms with Gasteiger partial charge in [-0.3, -0.25) is 14.8 Å². The van der Waals surface area contributed by atoms with Crippen molar-refractivity contribution in [3.63, 3.8) is 0 Å². The van der Waals surface area contributed by atoms with Crippen molar-refractivity contribution >= 4 is 11.4 Å². The van der Waals surface area contributed by atoms with Crippen molar-refractivity contribution in [3.8, 4) is 0 Å². The van der Waals surface area contributed by atoms with Crippen molar-refractivity contribution in [2.75, 3.05) is 18.0 Å². The van der Waals surface area contributed by atoms with Crippen LogP contribution >= 0.6 is 0 Å². The Balaban J connectivity index is 1.45. The van der Waals surface area contributed by atoms with Crippen LogP contribution in [0.3, 0.4) is 0 Å². The number of hydrogen-bond acceptors (Lipinski definition) is 5. The lowest BCUT2D eigenvalue weighted by atomic mass is 9.99. The minimum Gasteiger partial charge on any atom is -0.389 e. The molecule has 1 unspecified atom stereocenters. The lowest BCUT2D eigenvalue weighted by Crippen LogP contribution is -2.35. The van der Waals surface area contributed by atoms with Gasteiger partial charge in [0.05, 0.1) is 17.6 Å². The summed E-state index contributed by atoms with van der Waals surface area (Å²) < 4.78 is 1.43. The second-order valence-electron chi connectivity index (χ2n) is 6.51. The Morgan fingerprint density at radius 2 is 2.13 bits per heavy atom. The van der Waals surface area contributed by atoms with Gasteiger partial charge in [-0.25, -0.2) is 0 Å². The van der Waals surface area contributed by atoms with Crippen molar-refractivity contribution in [2.45, 2.75) is 30.9 Å². The molecule has 23 heavy (non-hydrogen) atoms. The fourth-order valence-corrected chi connectivity index (χ4v) is 3.55. The van der Waals surface area contributed by atoms with E-state index in [-0.39, 0.29) is 12.2 Å². The molecule has 0 radical (unpaired) electrons. The molecule has 2 heterocycles. The van der Waals surface area contributed by atoms with Gasteiger partial charge in [-0.2, -0.15) is 5.10 Å². The minimum atomic E-state index is -0.628. The third-order valence-electron chi connectivity index (χ3n) is 4.82. The Kier molecular flexibility index (Phi) is 3.12. The number of β-amino-alcohol motifs (C(OH)–C–C–N with tert-alkyl or cyclic N) is 1. The topological polar surface area (TPSA) is 84.4 Å². The zero-order valence-electron chi connectivity index (χ0n) is 12.6. The number of aliphatic hydroxyl groups is 1. The van der Waals surface area contributed by atoms with E-state index in [0.717, 1.165) is 6.54 Å². The predicted octanol–water partition coefficient (Wildman–Crippen LogP) is 1.70. The number of anilines is 1. The highest BCUT2D eigenvalue weighted by Gasteiger charge is 2.51. The molecule has 7 nitrogen and oxygen atoms in total. The summed E-state index contributed by atoms with van der Waals surface area (Å²) in [5.74, 6) is 0. The molecule has 2 aromatic rings. The monoisotopic (exact) mass is 314 g/mol. The zero-order valence-corrected chi connectivity index (χ0v) is 12.6. The van der Waals surface area contributed by atoms with E-state index in [1.165, 1.54) is 41.2 Å². The predicted molar refractivity (Wildman–Crippen MR) is 84.5 cm³/mol. The number of hydrogen-bond donors (Lipinski definition) is 1. The van der Waals surface area contributed by atoms with Crippen LogP contribution in [-0.2, 0) is 12.0 Å². The number of benzene rings is 1. The van der Waals surface area contributed by atoms with Gasteiger partial charge < -0.3 is 10.0 Å². The molecule has 1 N–H and O–H groups in total. The summed E-state index contributed by atoms with van der Waals surface area (Å²) in [4.78, 5) is 12.4. The highest BCUT2D eigenvalue weighted by molar-refractivity contribution is 5.64. The molecule has 1 saturated carbocycles. The minimum absolute atomic E-state index is 0.0550. The average Bonchev–Trinajstić information content (AvgIpc) is 3.03. The number of nitrogens with zero attached hydrogens (tertiary/aromatic N) is 4. The van der Waals surface area contributed by atoms with Gasteiger partial charge in [0.15, 0.2) is 0 Å². The van der Waals surface area contributed by atoms with E-state index in [0.29, 0.717) is 12.0 Å². The number of para-hydroxylation sites is 1. The molecule has 1 aliphatic carbocycles. The van der Waals surface area contributed by atoms with Gasteiger partial charge in [-0.1, -0.05) is 18.2 Å². The maximum absolute atomic E-state index is 10.7. The summed E-state index contributed by atoms with van der Waals surface area (Å²) >= 11 is 0. The highest BCUT2D eigenvalue weighted by Crippen LogP contribution is 2.56. The molecule has 0 amide bonds. The summed E-state index contributed by atoms with van der Waals surface area (Å²) in [6.45, 7) is 1.70. The van der Waals surface area contributed by atoms with E-state index < -0.39 is 11.0 Å². The van der Waals surface area contributed by atoms with Crippen molar-refractivity contribution in [1.29, 1.82) is 0 Å². The SMILES string of the molecule is O=[N+]([O-])c1cnn(CC(O)CN2CC3(CC3)c3ccccc32)c1. The number of fused-ring (bicyclic) bond motifs is 2. The first kappa shape index (κ1) is 14.2. The van der Waals surface area contributed by atoms with Gasteiger partial charge in [-0.15, -0.1) is 0 Å². The third-order valence-corrected chi connectivity index (χ3v) is 4.82. The number of nitro groups is 1. The number of rotatable bonds is 5. The van der Waals surface area contributed by atoms with Gasteiger partial charge in [0, 0.05) is 24.2 Å². The largest absolute Gasteiger partial charge is 0.389 e. The molecule has 0 bridgehead atoms. The van der Waals surface area contributed by atoms with Gasteiger partial charge in [0.1, 0.15) is 12.4 Å². The Labute approximate surface area is 133 Å². The van der Waals surface area contributed by atoms with E-state index in [1.807, 2.05) is 6.07 Å². The normalized spacial score (nSPS) is 18.9. The standard InChI is InChI=1S/C16H18N4O3/c21-13(10-19-8-12(7-17-19)20(22)23)9-18-11-16(5-6-16)14-3-1-2-4-15(14)18/h1-4,7-8,13,21H,5-6,9-11H2. The Morgan fingerprint density at radius 1 is 1.35 bits per heavy atom. The van der Waals surface area contributed by atoms with Gasteiger partial charge in [-0.05, 0) is 24.5 Å². The second-order valence-corrected chi connectivity index (χ2v) is 6.51. The van der Waals surface area contributed by atoms with Gasteiger partial charge >= 0.3 is 5.69 Å². The first-order valence-electron chi connectivity index (χ1n) is 7.77. The van der Waals surface area contributed by atoms with Crippen LogP contribution in [0.15, 0.2) is 36.7 Å². The molecule has 1 aromatic heterocycles. The van der Waals surface area contributed by atoms with Crippen molar-refractivity contribution in [2.24, 2.45) is 0 Å². The van der Waals surface area contributed by atoms with E-state index >= 15 is 0 Å². The summed E-state index contributed by atoms with van der Waals surface area (Å²) in [6, 6.07) is 8.39. The van der Waals surface area contributed by atoms with Crippen LogP contribution in [0, 0.1) is 10.1 Å². The van der Waals surface area contributed by atoms with E-state index in [4.69, 9.17) is 0 Å². The Hall–Kier alpha value is -2.41. The number of aromatic nitrogens is 2. The molecule has 1 fully saturated rings. The maximum Gasteiger partial charge on any atom is 0.306 e. The van der Waals surface area contributed by atoms with E-state index in [9.17, 15) is 15.2 Å². The van der Waals surface area contributed by atoms with Crippen LogP contribution in [-0.4, -0.2) is 39.0 Å². The summed E-state index contributed by atoms with van der Waals surface area (Å²) in [5.41, 5.74) is 2.83. The lowest BCUT2D eigenvalue weighted by molar-refractivity contribution is -0.385. The van der Waals surface area contributed by atoms with Crippen molar-refractivity contribution < 1.29 is 10.0 Å². The molecule has 120 valence electrons. The molecule has 7 heteroatoms. The van der Waals surface area contributed by atoms with Gasteiger partial charge in [0.25, 0.3) is 0 Å². The molecule has 0 saturated heterocycles. The van der Waals surface area contributed by atoms with Crippen LogP contribution in [0.5, 0.6) is 0 Å². The quantitative estimate of drug-likeness (QED) is 0.671. The van der Waals surface area contributed by atoms with Crippen LogP contribution < -0.4 is 4.90 Å². The Bertz CT molecular complexity index is 753. The van der Waals surface area contributed by atoms with E-state index in [1.54, 1.807) is 0 Å². The second kappa shape index (κ2) is 5.06. The van der Waals surface area contributed by atoms with E-state index in [2.05, 4.69) is 28.2 Å². The highest BCUT2D eigenvalue weighted by atomic mass is 16.6. The van der Waals surface area contributed by atoms with Crippen molar-refractivity contribution in [1.82, 2.24) is 9.78 Å². The molecule has 1 aromatic carbocycles. The third kappa shape index (κ3) is 2.46. The molecule has 1 spiro atoms. The molecule has 2 aliphatic rings. The molecule has 1 aliphatic heterocycles. The first-order chi connectivity index (χ1) is 11.1. The maximum atomic E-state index is 10.7. The average molecular weight is 314 g/mol. The fraction of sp³-hybridized carbons (Fsp3) is 0.438.